The number of imidazole rings is 1. The van der Waals surface area contributed by atoms with Gasteiger partial charge in [0, 0.05) is 23.7 Å². The van der Waals surface area contributed by atoms with E-state index in [0.717, 1.165) is 5.69 Å². The highest BCUT2D eigenvalue weighted by molar-refractivity contribution is 6.12. The number of benzene rings is 1. The molecule has 0 aliphatic heterocycles. The number of carbonyl (C=O) groups excluding carboxylic acids is 1. The fourth-order valence-corrected chi connectivity index (χ4v) is 2.07. The third-order valence-corrected chi connectivity index (χ3v) is 3.03. The molecule has 3 rings (SSSR count). The van der Waals surface area contributed by atoms with Crippen LogP contribution in [0.25, 0.3) is 5.65 Å². The van der Waals surface area contributed by atoms with E-state index >= 15 is 0 Å². The zero-order valence-electron chi connectivity index (χ0n) is 10.00. The van der Waals surface area contributed by atoms with Gasteiger partial charge in [0.2, 0.25) is 0 Å². The van der Waals surface area contributed by atoms with Gasteiger partial charge in [0.25, 0.3) is 0 Å². The van der Waals surface area contributed by atoms with Gasteiger partial charge in [-0.05, 0) is 19.1 Å². The minimum atomic E-state index is 0.00630. The Balaban J connectivity index is 2.19. The third kappa shape index (κ3) is 1.61. The van der Waals surface area contributed by atoms with Crippen LogP contribution in [0.3, 0.4) is 0 Å². The van der Waals surface area contributed by atoms with Crippen LogP contribution in [0.5, 0.6) is 0 Å². The van der Waals surface area contributed by atoms with Crippen LogP contribution in [0.2, 0.25) is 0 Å². The Hall–Kier alpha value is -2.42. The number of ketones is 1. The Bertz CT molecular complexity index is 714. The van der Waals surface area contributed by atoms with Crippen LogP contribution < -0.4 is 0 Å². The Morgan fingerprint density at radius 3 is 2.67 bits per heavy atom. The fraction of sp³-hybridized carbons (Fsp3) is 0.0667. The van der Waals surface area contributed by atoms with Gasteiger partial charge < -0.3 is 4.40 Å². The van der Waals surface area contributed by atoms with Crippen LogP contribution in [0, 0.1) is 6.92 Å². The van der Waals surface area contributed by atoms with Crippen molar-refractivity contribution in [3.63, 3.8) is 0 Å². The minimum Gasteiger partial charge on any atom is -0.304 e. The molecule has 0 unspecified atom stereocenters. The second-order valence-corrected chi connectivity index (χ2v) is 4.20. The Morgan fingerprint density at radius 2 is 1.89 bits per heavy atom. The molecule has 0 N–H and O–H groups in total. The Kier molecular flexibility index (Phi) is 2.45. The first kappa shape index (κ1) is 10.7. The van der Waals surface area contributed by atoms with Gasteiger partial charge in [-0.15, -0.1) is 0 Å². The molecule has 0 spiro atoms. The average molecular weight is 236 g/mol. The van der Waals surface area contributed by atoms with Crippen molar-refractivity contribution in [1.82, 2.24) is 9.38 Å². The summed E-state index contributed by atoms with van der Waals surface area (Å²) in [6.45, 7) is 1.99. The summed E-state index contributed by atoms with van der Waals surface area (Å²) in [6, 6.07) is 13.0. The van der Waals surface area contributed by atoms with Crippen molar-refractivity contribution in [2.45, 2.75) is 6.92 Å². The summed E-state index contributed by atoms with van der Waals surface area (Å²) < 4.78 is 1.93. The summed E-state index contributed by atoms with van der Waals surface area (Å²) in [7, 11) is 0. The monoisotopic (exact) mass is 236 g/mol. The number of hydrogen-bond donors (Lipinski definition) is 0. The molecule has 0 aliphatic rings. The normalized spacial score (nSPS) is 10.7. The second kappa shape index (κ2) is 4.11. The number of rotatable bonds is 2. The standard InChI is InChI=1S/C15H12N2O/c1-11-7-8-13(15-16-9-10-17(11)15)14(18)12-5-3-2-4-6-12/h2-10H,1H3. The maximum Gasteiger partial charge on any atom is 0.196 e. The van der Waals surface area contributed by atoms with Crippen LogP contribution in [0.1, 0.15) is 21.6 Å². The second-order valence-electron chi connectivity index (χ2n) is 4.20. The fourth-order valence-electron chi connectivity index (χ4n) is 2.07. The van der Waals surface area contributed by atoms with E-state index in [0.29, 0.717) is 16.8 Å². The van der Waals surface area contributed by atoms with Gasteiger partial charge >= 0.3 is 0 Å². The van der Waals surface area contributed by atoms with E-state index < -0.39 is 0 Å². The van der Waals surface area contributed by atoms with Gasteiger partial charge in [-0.1, -0.05) is 30.3 Å². The van der Waals surface area contributed by atoms with Crippen molar-refractivity contribution in [2.75, 3.05) is 0 Å². The van der Waals surface area contributed by atoms with Gasteiger partial charge in [-0.3, -0.25) is 4.79 Å². The van der Waals surface area contributed by atoms with Crippen LogP contribution in [0.15, 0.2) is 54.9 Å². The molecule has 3 nitrogen and oxygen atoms in total. The average Bonchev–Trinajstić information content (AvgIpc) is 2.90. The minimum absolute atomic E-state index is 0.00630. The summed E-state index contributed by atoms with van der Waals surface area (Å²) in [4.78, 5) is 16.7. The Morgan fingerprint density at radius 1 is 1.11 bits per heavy atom. The van der Waals surface area contributed by atoms with Gasteiger partial charge in [0.1, 0.15) is 5.65 Å². The summed E-state index contributed by atoms with van der Waals surface area (Å²) in [5.74, 6) is 0.00630. The highest BCUT2D eigenvalue weighted by Crippen LogP contribution is 2.16. The molecule has 0 fully saturated rings. The third-order valence-electron chi connectivity index (χ3n) is 3.03. The van der Waals surface area contributed by atoms with Crippen molar-refractivity contribution in [3.8, 4) is 0 Å². The molecule has 1 aromatic carbocycles. The molecule has 0 aliphatic carbocycles. The Labute approximate surface area is 105 Å². The molecule has 3 heteroatoms. The summed E-state index contributed by atoms with van der Waals surface area (Å²) in [5, 5.41) is 0. The van der Waals surface area contributed by atoms with E-state index in [-0.39, 0.29) is 5.78 Å². The van der Waals surface area contributed by atoms with Crippen molar-refractivity contribution in [1.29, 1.82) is 0 Å². The molecule has 2 aromatic heterocycles. The SMILES string of the molecule is Cc1ccc(C(=O)c2ccccc2)c2nccn12. The number of nitrogens with zero attached hydrogens (tertiary/aromatic N) is 2. The lowest BCUT2D eigenvalue weighted by Crippen LogP contribution is -2.05. The molecule has 88 valence electrons. The summed E-state index contributed by atoms with van der Waals surface area (Å²) in [5.41, 5.74) is 3.10. The lowest BCUT2D eigenvalue weighted by Gasteiger charge is -2.05. The number of fused-ring (bicyclic) bond motifs is 1. The smallest absolute Gasteiger partial charge is 0.196 e. The molecule has 0 atom stereocenters. The van der Waals surface area contributed by atoms with Crippen molar-refractivity contribution in [3.05, 3.63) is 71.7 Å². The highest BCUT2D eigenvalue weighted by atomic mass is 16.1. The molecule has 18 heavy (non-hydrogen) atoms. The van der Waals surface area contributed by atoms with Crippen LogP contribution >= 0.6 is 0 Å². The highest BCUT2D eigenvalue weighted by Gasteiger charge is 2.14. The number of carbonyl (C=O) groups is 1. The first-order valence-electron chi connectivity index (χ1n) is 5.80. The lowest BCUT2D eigenvalue weighted by atomic mass is 10.0. The van der Waals surface area contributed by atoms with Gasteiger partial charge in [-0.2, -0.15) is 0 Å². The number of aryl methyl sites for hydroxylation is 1. The molecule has 3 aromatic rings. The van der Waals surface area contributed by atoms with E-state index in [2.05, 4.69) is 4.98 Å². The zero-order valence-corrected chi connectivity index (χ0v) is 10.00. The number of aromatic nitrogens is 2. The molecule has 0 saturated heterocycles. The van der Waals surface area contributed by atoms with Crippen molar-refractivity contribution < 1.29 is 4.79 Å². The summed E-state index contributed by atoms with van der Waals surface area (Å²) in [6.07, 6.45) is 3.58. The topological polar surface area (TPSA) is 34.4 Å². The van der Waals surface area contributed by atoms with E-state index in [1.54, 1.807) is 6.20 Å². The van der Waals surface area contributed by atoms with Gasteiger partial charge in [0.15, 0.2) is 5.78 Å². The number of hydrogen-bond acceptors (Lipinski definition) is 2. The number of pyridine rings is 1. The zero-order chi connectivity index (χ0) is 12.5. The van der Waals surface area contributed by atoms with E-state index in [4.69, 9.17) is 0 Å². The maximum absolute atomic E-state index is 12.4. The van der Waals surface area contributed by atoms with Crippen molar-refractivity contribution in [2.24, 2.45) is 0 Å². The van der Waals surface area contributed by atoms with Gasteiger partial charge in [0.05, 0.1) is 5.56 Å². The molecule has 0 bridgehead atoms. The molecule has 0 amide bonds. The lowest BCUT2D eigenvalue weighted by molar-refractivity contribution is 0.104. The summed E-state index contributed by atoms with van der Waals surface area (Å²) >= 11 is 0. The van der Waals surface area contributed by atoms with E-state index in [9.17, 15) is 4.79 Å². The van der Waals surface area contributed by atoms with Gasteiger partial charge in [-0.25, -0.2) is 4.98 Å². The first-order valence-corrected chi connectivity index (χ1v) is 5.80. The predicted octanol–water partition coefficient (Wildman–Crippen LogP) is 2.87. The van der Waals surface area contributed by atoms with Crippen LogP contribution in [0.4, 0.5) is 0 Å². The molecule has 0 radical (unpaired) electrons. The first-order chi connectivity index (χ1) is 8.77. The van der Waals surface area contributed by atoms with E-state index in [1.165, 1.54) is 0 Å². The quantitative estimate of drug-likeness (QED) is 0.641. The largest absolute Gasteiger partial charge is 0.304 e. The molecular formula is C15H12N2O. The van der Waals surface area contributed by atoms with Crippen LogP contribution in [-0.4, -0.2) is 15.2 Å². The molecular weight excluding hydrogens is 224 g/mol. The molecule has 2 heterocycles. The van der Waals surface area contributed by atoms with E-state index in [1.807, 2.05) is 60.0 Å². The maximum atomic E-state index is 12.4. The molecule has 0 saturated carbocycles. The van der Waals surface area contributed by atoms with Crippen molar-refractivity contribution >= 4 is 11.4 Å². The van der Waals surface area contributed by atoms with Crippen LogP contribution in [-0.2, 0) is 0 Å². The predicted molar refractivity (Wildman–Crippen MR) is 69.8 cm³/mol.